The smallest absolute Gasteiger partial charge is 0.126 e. The molecule has 0 aromatic heterocycles. The average molecular weight is 254 g/mol. The standard InChI is InChI=1S/C9H10Cl2FNS/c1-14-3-2-13-9-7(10)4-6(12)5-8(9)11/h4-5,13H,2-3H2,1H3. The van der Waals surface area contributed by atoms with Gasteiger partial charge in [0.05, 0.1) is 15.7 Å². The van der Waals surface area contributed by atoms with Gasteiger partial charge in [0, 0.05) is 12.3 Å². The van der Waals surface area contributed by atoms with E-state index in [1.165, 1.54) is 12.1 Å². The maximum atomic E-state index is 12.8. The molecule has 0 aliphatic carbocycles. The Bertz CT molecular complexity index is 297. The second kappa shape index (κ2) is 5.69. The number of hydrogen-bond donors (Lipinski definition) is 1. The minimum atomic E-state index is -0.421. The van der Waals surface area contributed by atoms with Crippen molar-refractivity contribution in [2.24, 2.45) is 0 Å². The van der Waals surface area contributed by atoms with Gasteiger partial charge in [-0.25, -0.2) is 4.39 Å². The average Bonchev–Trinajstić information content (AvgIpc) is 2.09. The van der Waals surface area contributed by atoms with Crippen molar-refractivity contribution in [2.75, 3.05) is 23.9 Å². The summed E-state index contributed by atoms with van der Waals surface area (Å²) in [5.41, 5.74) is 0.601. The molecule has 1 aromatic rings. The molecule has 0 atom stereocenters. The van der Waals surface area contributed by atoms with Crippen LogP contribution in [-0.2, 0) is 0 Å². The van der Waals surface area contributed by atoms with Crippen LogP contribution in [0.1, 0.15) is 0 Å². The highest BCUT2D eigenvalue weighted by Crippen LogP contribution is 2.31. The molecule has 14 heavy (non-hydrogen) atoms. The number of hydrogen-bond acceptors (Lipinski definition) is 2. The number of thioether (sulfide) groups is 1. The summed E-state index contributed by atoms with van der Waals surface area (Å²) in [4.78, 5) is 0. The van der Waals surface area contributed by atoms with Crippen LogP contribution in [-0.4, -0.2) is 18.6 Å². The van der Waals surface area contributed by atoms with Crippen LogP contribution in [0, 0.1) is 5.82 Å². The van der Waals surface area contributed by atoms with E-state index in [0.29, 0.717) is 15.7 Å². The summed E-state index contributed by atoms with van der Waals surface area (Å²) in [7, 11) is 0. The summed E-state index contributed by atoms with van der Waals surface area (Å²) < 4.78 is 12.8. The van der Waals surface area contributed by atoms with Gasteiger partial charge in [-0.15, -0.1) is 0 Å². The Morgan fingerprint density at radius 1 is 1.36 bits per heavy atom. The molecule has 0 saturated carbocycles. The van der Waals surface area contributed by atoms with Gasteiger partial charge in [0.15, 0.2) is 0 Å². The Hall–Kier alpha value is -0.120. The molecule has 0 spiro atoms. The van der Waals surface area contributed by atoms with E-state index < -0.39 is 5.82 Å². The van der Waals surface area contributed by atoms with Crippen LogP contribution < -0.4 is 5.32 Å². The van der Waals surface area contributed by atoms with Crippen LogP contribution in [0.5, 0.6) is 0 Å². The lowest BCUT2D eigenvalue weighted by Gasteiger charge is -2.09. The van der Waals surface area contributed by atoms with Crippen LogP contribution in [0.4, 0.5) is 10.1 Å². The molecule has 1 nitrogen and oxygen atoms in total. The summed E-state index contributed by atoms with van der Waals surface area (Å²) in [6, 6.07) is 2.49. The minimum Gasteiger partial charge on any atom is -0.382 e. The third-order valence-corrected chi connectivity index (χ3v) is 2.82. The van der Waals surface area contributed by atoms with Crippen molar-refractivity contribution in [3.05, 3.63) is 28.0 Å². The Balaban J connectivity index is 2.75. The molecular weight excluding hydrogens is 244 g/mol. The van der Waals surface area contributed by atoms with Gasteiger partial charge in [-0.3, -0.25) is 0 Å². The van der Waals surface area contributed by atoms with Gasteiger partial charge in [-0.1, -0.05) is 23.2 Å². The highest BCUT2D eigenvalue weighted by Gasteiger charge is 2.07. The predicted octanol–water partition coefficient (Wildman–Crippen LogP) is 3.91. The quantitative estimate of drug-likeness (QED) is 0.817. The number of nitrogens with one attached hydrogen (secondary N) is 1. The van der Waals surface area contributed by atoms with Crippen molar-refractivity contribution in [1.29, 1.82) is 0 Å². The number of anilines is 1. The van der Waals surface area contributed by atoms with E-state index in [1.807, 2.05) is 6.26 Å². The zero-order valence-corrected chi connectivity index (χ0v) is 9.94. The van der Waals surface area contributed by atoms with Gasteiger partial charge in [-0.05, 0) is 18.4 Å². The van der Waals surface area contributed by atoms with Gasteiger partial charge < -0.3 is 5.32 Å². The van der Waals surface area contributed by atoms with Crippen LogP contribution >= 0.6 is 35.0 Å². The largest absolute Gasteiger partial charge is 0.382 e. The number of halogens is 3. The van der Waals surface area contributed by atoms with Crippen LogP contribution in [0.2, 0.25) is 10.0 Å². The van der Waals surface area contributed by atoms with E-state index in [2.05, 4.69) is 5.32 Å². The van der Waals surface area contributed by atoms with E-state index in [-0.39, 0.29) is 0 Å². The van der Waals surface area contributed by atoms with Crippen LogP contribution in [0.3, 0.4) is 0 Å². The van der Waals surface area contributed by atoms with Gasteiger partial charge >= 0.3 is 0 Å². The van der Waals surface area contributed by atoms with Gasteiger partial charge in [0.1, 0.15) is 5.82 Å². The van der Waals surface area contributed by atoms with Gasteiger partial charge in [-0.2, -0.15) is 11.8 Å². The van der Waals surface area contributed by atoms with Crippen LogP contribution in [0.25, 0.3) is 0 Å². The molecule has 0 amide bonds. The third kappa shape index (κ3) is 3.23. The highest BCUT2D eigenvalue weighted by atomic mass is 35.5. The normalized spacial score (nSPS) is 10.3. The first-order chi connectivity index (χ1) is 6.65. The molecule has 0 bridgehead atoms. The molecule has 0 fully saturated rings. The Morgan fingerprint density at radius 2 is 1.93 bits per heavy atom. The molecule has 0 radical (unpaired) electrons. The molecule has 0 saturated heterocycles. The fourth-order valence-electron chi connectivity index (χ4n) is 0.989. The zero-order chi connectivity index (χ0) is 10.6. The lowest BCUT2D eigenvalue weighted by Crippen LogP contribution is -2.04. The predicted molar refractivity (Wildman–Crippen MR) is 63.3 cm³/mol. The fourth-order valence-corrected chi connectivity index (χ4v) is 1.89. The SMILES string of the molecule is CSCCNc1c(Cl)cc(F)cc1Cl. The number of benzene rings is 1. The first-order valence-electron chi connectivity index (χ1n) is 4.02. The molecule has 0 aliphatic heterocycles. The van der Waals surface area contributed by atoms with Crippen molar-refractivity contribution in [3.8, 4) is 0 Å². The van der Waals surface area contributed by atoms with Crippen molar-refractivity contribution in [1.82, 2.24) is 0 Å². The summed E-state index contributed by atoms with van der Waals surface area (Å²) in [5.74, 6) is 0.528. The lowest BCUT2D eigenvalue weighted by molar-refractivity contribution is 0.628. The van der Waals surface area contributed by atoms with Crippen molar-refractivity contribution in [2.45, 2.75) is 0 Å². The van der Waals surface area contributed by atoms with Gasteiger partial charge in [0.2, 0.25) is 0 Å². The van der Waals surface area contributed by atoms with Crippen LogP contribution in [0.15, 0.2) is 12.1 Å². The highest BCUT2D eigenvalue weighted by molar-refractivity contribution is 7.98. The Kier molecular flexibility index (Phi) is 4.85. The van der Waals surface area contributed by atoms with Crippen molar-refractivity contribution >= 4 is 40.7 Å². The monoisotopic (exact) mass is 253 g/mol. The first-order valence-corrected chi connectivity index (χ1v) is 6.17. The molecule has 0 heterocycles. The molecule has 0 unspecified atom stereocenters. The molecule has 1 rings (SSSR count). The summed E-state index contributed by atoms with van der Waals surface area (Å²) >= 11 is 13.4. The summed E-state index contributed by atoms with van der Waals surface area (Å²) in [6.07, 6.45) is 2.01. The number of rotatable bonds is 4. The maximum Gasteiger partial charge on any atom is 0.126 e. The van der Waals surface area contributed by atoms with E-state index >= 15 is 0 Å². The summed E-state index contributed by atoms with van der Waals surface area (Å²) in [5, 5.41) is 3.69. The first kappa shape index (κ1) is 12.0. The molecule has 78 valence electrons. The van der Waals surface area contributed by atoms with Crippen molar-refractivity contribution in [3.63, 3.8) is 0 Å². The molecule has 5 heteroatoms. The lowest BCUT2D eigenvalue weighted by atomic mass is 10.3. The molecule has 0 aliphatic rings. The topological polar surface area (TPSA) is 12.0 Å². The molecule has 1 aromatic carbocycles. The Labute approximate surface area is 97.0 Å². The summed E-state index contributed by atoms with van der Waals surface area (Å²) in [6.45, 7) is 0.756. The third-order valence-electron chi connectivity index (χ3n) is 1.61. The van der Waals surface area contributed by atoms with E-state index in [0.717, 1.165) is 12.3 Å². The molecule has 1 N–H and O–H groups in total. The van der Waals surface area contributed by atoms with Gasteiger partial charge in [0.25, 0.3) is 0 Å². The fraction of sp³-hybridized carbons (Fsp3) is 0.333. The van der Waals surface area contributed by atoms with Crippen molar-refractivity contribution < 1.29 is 4.39 Å². The minimum absolute atomic E-state index is 0.316. The van der Waals surface area contributed by atoms with E-state index in [1.54, 1.807) is 11.8 Å². The van der Waals surface area contributed by atoms with E-state index in [4.69, 9.17) is 23.2 Å². The zero-order valence-electron chi connectivity index (χ0n) is 7.61. The Morgan fingerprint density at radius 3 is 2.43 bits per heavy atom. The van der Waals surface area contributed by atoms with E-state index in [9.17, 15) is 4.39 Å². The second-order valence-electron chi connectivity index (χ2n) is 2.66. The second-order valence-corrected chi connectivity index (χ2v) is 4.46. The maximum absolute atomic E-state index is 12.8. The molecular formula is C9H10Cl2FNS.